The predicted octanol–water partition coefficient (Wildman–Crippen LogP) is 3.67. The third kappa shape index (κ3) is 4.31. The summed E-state index contributed by atoms with van der Waals surface area (Å²) in [5, 5.41) is 3.72. The van der Waals surface area contributed by atoms with Crippen molar-refractivity contribution in [3.05, 3.63) is 30.1 Å². The molecule has 3 atom stereocenters. The van der Waals surface area contributed by atoms with Crippen LogP contribution < -0.4 is 5.32 Å². The molecule has 0 amide bonds. The van der Waals surface area contributed by atoms with Gasteiger partial charge in [0, 0.05) is 18.4 Å². The van der Waals surface area contributed by atoms with Crippen LogP contribution in [-0.2, 0) is 6.42 Å². The maximum atomic E-state index is 4.11. The fourth-order valence-corrected chi connectivity index (χ4v) is 3.78. The van der Waals surface area contributed by atoms with Crippen molar-refractivity contribution >= 4 is 0 Å². The highest BCUT2D eigenvalue weighted by atomic mass is 14.9. The Balaban J connectivity index is 2.02. The lowest BCUT2D eigenvalue weighted by molar-refractivity contribution is 0.176. The lowest BCUT2D eigenvalue weighted by atomic mass is 9.72. The van der Waals surface area contributed by atoms with E-state index in [4.69, 9.17) is 0 Å². The van der Waals surface area contributed by atoms with Crippen molar-refractivity contribution in [2.75, 3.05) is 6.54 Å². The van der Waals surface area contributed by atoms with E-state index in [9.17, 15) is 0 Å². The number of pyridine rings is 1. The fourth-order valence-electron chi connectivity index (χ4n) is 3.78. The van der Waals surface area contributed by atoms with Gasteiger partial charge in [0.25, 0.3) is 0 Å². The Morgan fingerprint density at radius 2 is 1.79 bits per heavy atom. The molecule has 1 aromatic rings. The van der Waals surface area contributed by atoms with Crippen LogP contribution in [0, 0.1) is 17.8 Å². The molecule has 1 saturated carbocycles. The summed E-state index contributed by atoms with van der Waals surface area (Å²) in [4.78, 5) is 4.11. The van der Waals surface area contributed by atoms with Gasteiger partial charge in [0.05, 0.1) is 0 Å². The van der Waals surface area contributed by atoms with Crippen molar-refractivity contribution in [2.24, 2.45) is 17.8 Å². The highest BCUT2D eigenvalue weighted by molar-refractivity contribution is 5.12. The Hall–Kier alpha value is -0.890. The Morgan fingerprint density at radius 1 is 1.16 bits per heavy atom. The molecule has 0 bridgehead atoms. The minimum atomic E-state index is 0.623. The van der Waals surface area contributed by atoms with Crippen LogP contribution in [0.5, 0.6) is 0 Å². The summed E-state index contributed by atoms with van der Waals surface area (Å²) in [6.45, 7) is 8.11. The summed E-state index contributed by atoms with van der Waals surface area (Å²) in [7, 11) is 0. The maximum Gasteiger partial charge on any atom is 0.0270 e. The molecule has 1 heterocycles. The molecule has 106 valence electrons. The third-order valence-corrected chi connectivity index (χ3v) is 4.46. The monoisotopic (exact) mass is 260 g/mol. The molecule has 1 fully saturated rings. The molecule has 0 aliphatic heterocycles. The summed E-state index contributed by atoms with van der Waals surface area (Å²) in [5.74, 6) is 2.59. The van der Waals surface area contributed by atoms with Crippen LogP contribution in [0.15, 0.2) is 24.5 Å². The maximum absolute atomic E-state index is 4.11. The van der Waals surface area contributed by atoms with Crippen molar-refractivity contribution < 1.29 is 0 Å². The first-order valence-corrected chi connectivity index (χ1v) is 7.81. The van der Waals surface area contributed by atoms with Gasteiger partial charge in [-0.05, 0) is 67.7 Å². The normalized spacial score (nSPS) is 29.1. The molecule has 19 heavy (non-hydrogen) atoms. The van der Waals surface area contributed by atoms with Gasteiger partial charge in [-0.3, -0.25) is 4.98 Å². The average molecular weight is 260 g/mol. The molecule has 0 saturated heterocycles. The van der Waals surface area contributed by atoms with E-state index in [1.54, 1.807) is 0 Å². The van der Waals surface area contributed by atoms with Gasteiger partial charge in [-0.2, -0.15) is 0 Å². The highest BCUT2D eigenvalue weighted by Gasteiger charge is 2.29. The van der Waals surface area contributed by atoms with E-state index < -0.39 is 0 Å². The second kappa shape index (κ2) is 7.04. The molecule has 2 rings (SSSR count). The minimum absolute atomic E-state index is 0.623. The van der Waals surface area contributed by atoms with E-state index in [-0.39, 0.29) is 0 Å². The van der Waals surface area contributed by atoms with Gasteiger partial charge in [-0.15, -0.1) is 0 Å². The second-order valence-corrected chi connectivity index (χ2v) is 6.40. The zero-order valence-electron chi connectivity index (χ0n) is 12.6. The predicted molar refractivity (Wildman–Crippen MR) is 81.1 cm³/mol. The summed E-state index contributed by atoms with van der Waals surface area (Å²) >= 11 is 0. The van der Waals surface area contributed by atoms with Gasteiger partial charge in [0.15, 0.2) is 0 Å². The molecule has 1 N–H and O–H groups in total. The molecular formula is C17H28N2. The van der Waals surface area contributed by atoms with Crippen LogP contribution in [0.2, 0.25) is 0 Å². The molecule has 2 heteroatoms. The Bertz CT molecular complexity index is 353. The lowest BCUT2D eigenvalue weighted by Gasteiger charge is -2.37. The lowest BCUT2D eigenvalue weighted by Crippen LogP contribution is -2.41. The van der Waals surface area contributed by atoms with Gasteiger partial charge < -0.3 is 5.32 Å². The Morgan fingerprint density at radius 3 is 2.37 bits per heavy atom. The summed E-state index contributed by atoms with van der Waals surface area (Å²) < 4.78 is 0. The van der Waals surface area contributed by atoms with E-state index in [2.05, 4.69) is 43.2 Å². The SMILES string of the molecule is CCNC(Cc1ccncc1)C1CC(C)CC(C)C1. The summed E-state index contributed by atoms with van der Waals surface area (Å²) in [6, 6.07) is 4.93. The number of aromatic nitrogens is 1. The number of nitrogens with one attached hydrogen (secondary N) is 1. The van der Waals surface area contributed by atoms with Crippen molar-refractivity contribution in [2.45, 2.75) is 52.5 Å². The first-order valence-electron chi connectivity index (χ1n) is 7.81. The van der Waals surface area contributed by atoms with Gasteiger partial charge in [-0.1, -0.05) is 20.8 Å². The molecule has 0 aromatic carbocycles. The van der Waals surface area contributed by atoms with E-state index >= 15 is 0 Å². The van der Waals surface area contributed by atoms with Gasteiger partial charge in [-0.25, -0.2) is 0 Å². The zero-order valence-corrected chi connectivity index (χ0v) is 12.6. The molecule has 0 radical (unpaired) electrons. The molecule has 1 aliphatic carbocycles. The Labute approximate surface area is 118 Å². The number of hydrogen-bond donors (Lipinski definition) is 1. The van der Waals surface area contributed by atoms with Crippen molar-refractivity contribution in [1.82, 2.24) is 10.3 Å². The third-order valence-electron chi connectivity index (χ3n) is 4.46. The number of rotatable bonds is 5. The highest BCUT2D eigenvalue weighted by Crippen LogP contribution is 2.35. The van der Waals surface area contributed by atoms with Gasteiger partial charge in [0.2, 0.25) is 0 Å². The zero-order chi connectivity index (χ0) is 13.7. The van der Waals surface area contributed by atoms with E-state index in [1.165, 1.54) is 24.8 Å². The first-order chi connectivity index (χ1) is 9.19. The smallest absolute Gasteiger partial charge is 0.0270 e. The van der Waals surface area contributed by atoms with Crippen LogP contribution in [-0.4, -0.2) is 17.6 Å². The van der Waals surface area contributed by atoms with Crippen LogP contribution in [0.3, 0.4) is 0 Å². The summed E-state index contributed by atoms with van der Waals surface area (Å²) in [5.41, 5.74) is 1.41. The largest absolute Gasteiger partial charge is 0.314 e. The summed E-state index contributed by atoms with van der Waals surface area (Å²) in [6.07, 6.45) is 9.13. The minimum Gasteiger partial charge on any atom is -0.314 e. The van der Waals surface area contributed by atoms with Crippen LogP contribution in [0.4, 0.5) is 0 Å². The number of hydrogen-bond acceptors (Lipinski definition) is 2. The molecule has 1 aromatic heterocycles. The van der Waals surface area contributed by atoms with E-state index in [1.807, 2.05) is 12.4 Å². The molecular weight excluding hydrogens is 232 g/mol. The van der Waals surface area contributed by atoms with Crippen LogP contribution in [0.1, 0.15) is 45.6 Å². The van der Waals surface area contributed by atoms with Crippen LogP contribution in [0.25, 0.3) is 0 Å². The number of likely N-dealkylation sites (N-methyl/N-ethyl adjacent to an activating group) is 1. The second-order valence-electron chi connectivity index (χ2n) is 6.40. The van der Waals surface area contributed by atoms with Crippen molar-refractivity contribution in [3.63, 3.8) is 0 Å². The van der Waals surface area contributed by atoms with Crippen molar-refractivity contribution in [3.8, 4) is 0 Å². The fraction of sp³-hybridized carbons (Fsp3) is 0.706. The molecule has 2 nitrogen and oxygen atoms in total. The first kappa shape index (κ1) is 14.5. The van der Waals surface area contributed by atoms with E-state index in [0.29, 0.717) is 6.04 Å². The topological polar surface area (TPSA) is 24.9 Å². The molecule has 0 spiro atoms. The van der Waals surface area contributed by atoms with Gasteiger partial charge >= 0.3 is 0 Å². The van der Waals surface area contributed by atoms with Crippen LogP contribution >= 0.6 is 0 Å². The van der Waals surface area contributed by atoms with E-state index in [0.717, 1.165) is 30.7 Å². The average Bonchev–Trinajstić information content (AvgIpc) is 2.38. The van der Waals surface area contributed by atoms with Gasteiger partial charge in [0.1, 0.15) is 0 Å². The number of nitrogens with zero attached hydrogens (tertiary/aromatic N) is 1. The molecule has 1 aliphatic rings. The molecule has 3 unspecified atom stereocenters. The quantitative estimate of drug-likeness (QED) is 0.873. The standard InChI is InChI=1S/C17H28N2/c1-4-19-17(12-15-5-7-18-8-6-15)16-10-13(2)9-14(3)11-16/h5-8,13-14,16-17,19H,4,9-12H2,1-3H3. The van der Waals surface area contributed by atoms with Crippen molar-refractivity contribution in [1.29, 1.82) is 0 Å². The Kier molecular flexibility index (Phi) is 5.38.